The zero-order chi connectivity index (χ0) is 21.6. The van der Waals surface area contributed by atoms with Crippen molar-refractivity contribution in [2.45, 2.75) is 31.8 Å². The number of hydrogen-bond acceptors (Lipinski definition) is 3. The molecule has 0 radical (unpaired) electrons. The summed E-state index contributed by atoms with van der Waals surface area (Å²) in [6.07, 6.45) is 1.98. The highest BCUT2D eigenvalue weighted by atomic mass is 16.5. The molecule has 1 heterocycles. The minimum Gasteiger partial charge on any atom is -0.490 e. The second kappa shape index (κ2) is 9.65. The monoisotopic (exact) mass is 417 g/mol. The Hall–Kier alpha value is -3.34. The number of rotatable bonds is 7. The van der Waals surface area contributed by atoms with Crippen molar-refractivity contribution in [3.63, 3.8) is 0 Å². The maximum absolute atomic E-state index is 13.0. The fourth-order valence-electron chi connectivity index (χ4n) is 4.31. The number of amides is 1. The first kappa shape index (κ1) is 20.9. The normalized spacial score (nSPS) is 15.5. The molecule has 5 heteroatoms. The third-order valence-electron chi connectivity index (χ3n) is 6.02. The van der Waals surface area contributed by atoms with Crippen LogP contribution in [0.15, 0.2) is 72.8 Å². The molecule has 3 aromatic rings. The molecule has 5 nitrogen and oxygen atoms in total. The summed E-state index contributed by atoms with van der Waals surface area (Å²) in [7, 11) is 0. The van der Waals surface area contributed by atoms with Crippen LogP contribution in [0.3, 0.4) is 0 Å². The molecule has 1 unspecified atom stereocenters. The smallest absolute Gasteiger partial charge is 0.303 e. The van der Waals surface area contributed by atoms with Crippen molar-refractivity contribution >= 4 is 22.6 Å². The Morgan fingerprint density at radius 3 is 2.32 bits per heavy atom. The minimum atomic E-state index is -0.814. The van der Waals surface area contributed by atoms with E-state index in [9.17, 15) is 9.59 Å². The molecule has 1 aliphatic heterocycles. The van der Waals surface area contributed by atoms with Gasteiger partial charge in [0.25, 0.3) is 5.91 Å². The largest absolute Gasteiger partial charge is 0.490 e. The average molecular weight is 418 g/mol. The summed E-state index contributed by atoms with van der Waals surface area (Å²) in [5.74, 6) is 0.216. The van der Waals surface area contributed by atoms with Crippen LogP contribution in [0.5, 0.6) is 5.75 Å². The van der Waals surface area contributed by atoms with Gasteiger partial charge in [0.2, 0.25) is 0 Å². The molecule has 1 amide bonds. The van der Waals surface area contributed by atoms with Crippen molar-refractivity contribution < 1.29 is 19.4 Å². The van der Waals surface area contributed by atoms with Crippen LogP contribution < -0.4 is 4.74 Å². The molecular formula is C26H27NO4. The molecule has 0 aliphatic carbocycles. The zero-order valence-corrected chi connectivity index (χ0v) is 17.4. The Morgan fingerprint density at radius 2 is 1.61 bits per heavy atom. The molecule has 0 spiro atoms. The van der Waals surface area contributed by atoms with E-state index in [2.05, 4.69) is 0 Å². The van der Waals surface area contributed by atoms with Gasteiger partial charge < -0.3 is 14.7 Å². The average Bonchev–Trinajstić information content (AvgIpc) is 2.81. The summed E-state index contributed by atoms with van der Waals surface area (Å²) in [6, 6.07) is 23.4. The number of piperidine rings is 1. The van der Waals surface area contributed by atoms with Gasteiger partial charge in [-0.3, -0.25) is 9.59 Å². The lowest BCUT2D eigenvalue weighted by Gasteiger charge is -2.36. The topological polar surface area (TPSA) is 66.8 Å². The van der Waals surface area contributed by atoms with Crippen LogP contribution in [0.1, 0.15) is 36.0 Å². The van der Waals surface area contributed by atoms with E-state index in [1.165, 1.54) is 0 Å². The second-order valence-corrected chi connectivity index (χ2v) is 8.09. The molecule has 4 rings (SSSR count). The Kier molecular flexibility index (Phi) is 6.51. The standard InChI is InChI=1S/C26H27NO4/c28-25(29)13-12-24(31-23-8-2-1-3-9-23)20-14-16-27(17-15-20)26(30)22-11-10-19-6-4-5-7-21(19)18-22/h1-11,18,20,24H,12-17H2,(H,28,29). The van der Waals surface area contributed by atoms with Crippen molar-refractivity contribution in [2.75, 3.05) is 13.1 Å². The van der Waals surface area contributed by atoms with Gasteiger partial charge in [-0.15, -0.1) is 0 Å². The van der Waals surface area contributed by atoms with Crippen molar-refractivity contribution in [2.24, 2.45) is 5.92 Å². The van der Waals surface area contributed by atoms with Crippen LogP contribution >= 0.6 is 0 Å². The summed E-state index contributed by atoms with van der Waals surface area (Å²) in [5.41, 5.74) is 0.708. The predicted molar refractivity (Wildman–Crippen MR) is 120 cm³/mol. The highest BCUT2D eigenvalue weighted by molar-refractivity contribution is 5.98. The lowest BCUT2D eigenvalue weighted by Crippen LogP contribution is -2.42. The van der Waals surface area contributed by atoms with Gasteiger partial charge in [0.05, 0.1) is 0 Å². The van der Waals surface area contributed by atoms with Crippen LogP contribution in [0.2, 0.25) is 0 Å². The first-order valence-electron chi connectivity index (χ1n) is 10.8. The lowest BCUT2D eigenvalue weighted by molar-refractivity contribution is -0.137. The Morgan fingerprint density at radius 1 is 0.935 bits per heavy atom. The minimum absolute atomic E-state index is 0.0512. The van der Waals surface area contributed by atoms with E-state index in [1.807, 2.05) is 77.7 Å². The number of fused-ring (bicyclic) bond motifs is 1. The zero-order valence-electron chi connectivity index (χ0n) is 17.4. The number of carbonyl (C=O) groups is 2. The van der Waals surface area contributed by atoms with E-state index in [4.69, 9.17) is 9.84 Å². The van der Waals surface area contributed by atoms with Crippen molar-refractivity contribution in [3.05, 3.63) is 78.4 Å². The fraction of sp³-hybridized carbons (Fsp3) is 0.308. The molecule has 1 aliphatic rings. The van der Waals surface area contributed by atoms with E-state index in [-0.39, 0.29) is 24.3 Å². The second-order valence-electron chi connectivity index (χ2n) is 8.09. The number of ether oxygens (including phenoxy) is 1. The SMILES string of the molecule is O=C(O)CCC(Oc1ccccc1)C1CCN(C(=O)c2ccc3ccccc3c2)CC1. The van der Waals surface area contributed by atoms with Crippen molar-refractivity contribution in [3.8, 4) is 5.75 Å². The van der Waals surface area contributed by atoms with Gasteiger partial charge in [-0.1, -0.05) is 48.5 Å². The van der Waals surface area contributed by atoms with Crippen LogP contribution in [0, 0.1) is 5.92 Å². The molecular weight excluding hydrogens is 390 g/mol. The van der Waals surface area contributed by atoms with E-state index < -0.39 is 5.97 Å². The van der Waals surface area contributed by atoms with Gasteiger partial charge in [0.15, 0.2) is 0 Å². The van der Waals surface area contributed by atoms with Crippen LogP contribution in [-0.2, 0) is 4.79 Å². The summed E-state index contributed by atoms with van der Waals surface area (Å²) >= 11 is 0. The molecule has 1 fully saturated rings. The molecule has 1 atom stereocenters. The number of likely N-dealkylation sites (tertiary alicyclic amines) is 1. The quantitative estimate of drug-likeness (QED) is 0.587. The summed E-state index contributed by atoms with van der Waals surface area (Å²) in [4.78, 5) is 26.1. The molecule has 1 N–H and O–H groups in total. The molecule has 160 valence electrons. The molecule has 1 saturated heterocycles. The van der Waals surface area contributed by atoms with Gasteiger partial charge in [-0.2, -0.15) is 0 Å². The van der Waals surface area contributed by atoms with Crippen LogP contribution in [-0.4, -0.2) is 41.1 Å². The number of aliphatic carboxylic acids is 1. The number of hydrogen-bond donors (Lipinski definition) is 1. The molecule has 0 aromatic heterocycles. The number of carboxylic acid groups (broad SMARTS) is 1. The third-order valence-corrected chi connectivity index (χ3v) is 6.02. The number of benzene rings is 3. The highest BCUT2D eigenvalue weighted by Gasteiger charge is 2.30. The predicted octanol–water partition coefficient (Wildman–Crippen LogP) is 5.00. The Balaban J connectivity index is 1.41. The number of para-hydroxylation sites is 1. The van der Waals surface area contributed by atoms with Gasteiger partial charge in [0, 0.05) is 25.1 Å². The summed E-state index contributed by atoms with van der Waals surface area (Å²) in [5, 5.41) is 11.3. The molecule has 0 bridgehead atoms. The lowest BCUT2D eigenvalue weighted by atomic mass is 9.88. The van der Waals surface area contributed by atoms with E-state index in [1.54, 1.807) is 0 Å². The van der Waals surface area contributed by atoms with E-state index in [0.29, 0.717) is 25.1 Å². The van der Waals surface area contributed by atoms with Crippen molar-refractivity contribution in [1.29, 1.82) is 0 Å². The maximum Gasteiger partial charge on any atom is 0.303 e. The van der Waals surface area contributed by atoms with E-state index in [0.717, 1.165) is 29.4 Å². The van der Waals surface area contributed by atoms with Gasteiger partial charge in [0.1, 0.15) is 11.9 Å². The summed E-state index contributed by atoms with van der Waals surface area (Å²) in [6.45, 7) is 1.30. The van der Waals surface area contributed by atoms with Crippen molar-refractivity contribution in [1.82, 2.24) is 4.90 Å². The molecule has 0 saturated carbocycles. The number of nitrogens with zero attached hydrogens (tertiary/aromatic N) is 1. The van der Waals surface area contributed by atoms with Gasteiger partial charge in [-0.05, 0) is 60.2 Å². The number of carboxylic acids is 1. The first-order valence-corrected chi connectivity index (χ1v) is 10.8. The third kappa shape index (κ3) is 5.23. The van der Waals surface area contributed by atoms with E-state index >= 15 is 0 Å². The number of carbonyl (C=O) groups excluding carboxylic acids is 1. The Bertz CT molecular complexity index is 1040. The van der Waals surface area contributed by atoms with Gasteiger partial charge in [-0.25, -0.2) is 0 Å². The van der Waals surface area contributed by atoms with Crippen LogP contribution in [0.4, 0.5) is 0 Å². The molecule has 31 heavy (non-hydrogen) atoms. The Labute approximate surface area is 182 Å². The van der Waals surface area contributed by atoms with Crippen LogP contribution in [0.25, 0.3) is 10.8 Å². The maximum atomic E-state index is 13.0. The summed E-state index contributed by atoms with van der Waals surface area (Å²) < 4.78 is 6.17. The first-order chi connectivity index (χ1) is 15.1. The fourth-order valence-corrected chi connectivity index (χ4v) is 4.31. The molecule has 3 aromatic carbocycles. The van der Waals surface area contributed by atoms with Gasteiger partial charge >= 0.3 is 5.97 Å². The highest BCUT2D eigenvalue weighted by Crippen LogP contribution is 2.28.